The first-order valence-corrected chi connectivity index (χ1v) is 8.28. The minimum Gasteiger partial charge on any atom is -0.211 e. The summed E-state index contributed by atoms with van der Waals surface area (Å²) < 4.78 is 39.3. The van der Waals surface area contributed by atoms with E-state index < -0.39 is 15.8 Å². The van der Waals surface area contributed by atoms with Gasteiger partial charge in [-0.1, -0.05) is 6.42 Å². The molecule has 1 aliphatic carbocycles. The topological polar surface area (TPSA) is 46.2 Å². The van der Waals surface area contributed by atoms with Crippen molar-refractivity contribution in [2.75, 3.05) is 6.54 Å². The molecule has 1 aromatic rings. The predicted octanol–water partition coefficient (Wildman–Crippen LogP) is 2.90. The van der Waals surface area contributed by atoms with Crippen LogP contribution in [0.2, 0.25) is 0 Å². The van der Waals surface area contributed by atoms with Crippen LogP contribution in [0.4, 0.5) is 4.39 Å². The lowest BCUT2D eigenvalue weighted by Crippen LogP contribution is -2.32. The molecule has 0 aromatic heterocycles. The Bertz CT molecular complexity index is 518. The number of benzene rings is 1. The molecule has 1 aliphatic rings. The highest BCUT2D eigenvalue weighted by Gasteiger charge is 2.22. The highest BCUT2D eigenvalue weighted by molar-refractivity contribution is 7.89. The van der Waals surface area contributed by atoms with Crippen LogP contribution in [0.25, 0.3) is 0 Å². The van der Waals surface area contributed by atoms with Gasteiger partial charge in [0.1, 0.15) is 5.82 Å². The second kappa shape index (κ2) is 6.20. The molecular weight excluding hydrogens is 289 g/mol. The van der Waals surface area contributed by atoms with Gasteiger partial charge in [0.05, 0.1) is 4.90 Å². The molecular formula is C13H17ClFNO2S. The minimum atomic E-state index is -3.55. The van der Waals surface area contributed by atoms with Crippen molar-refractivity contribution in [2.24, 2.45) is 5.92 Å². The second-order valence-corrected chi connectivity index (χ2v) is 7.32. The van der Waals surface area contributed by atoms with E-state index in [9.17, 15) is 12.8 Å². The van der Waals surface area contributed by atoms with Crippen LogP contribution >= 0.6 is 11.6 Å². The van der Waals surface area contributed by atoms with Crippen molar-refractivity contribution < 1.29 is 12.8 Å². The van der Waals surface area contributed by atoms with Gasteiger partial charge in [-0.15, -0.1) is 11.6 Å². The van der Waals surface area contributed by atoms with Crippen LogP contribution < -0.4 is 4.72 Å². The van der Waals surface area contributed by atoms with Crippen LogP contribution in [-0.2, 0) is 10.0 Å². The molecule has 6 heteroatoms. The SMILES string of the molecule is O=S(=O)(NCC1CCCC(Cl)C1)c1ccc(F)cc1. The summed E-state index contributed by atoms with van der Waals surface area (Å²) in [5, 5.41) is 0.147. The average Bonchev–Trinajstić information content (AvgIpc) is 2.37. The van der Waals surface area contributed by atoms with Crippen molar-refractivity contribution in [1.82, 2.24) is 4.72 Å². The Balaban J connectivity index is 1.96. The van der Waals surface area contributed by atoms with E-state index in [-0.39, 0.29) is 16.2 Å². The number of hydrogen-bond acceptors (Lipinski definition) is 2. The average molecular weight is 306 g/mol. The first-order valence-electron chi connectivity index (χ1n) is 6.36. The Morgan fingerprint density at radius 3 is 2.58 bits per heavy atom. The van der Waals surface area contributed by atoms with E-state index in [1.54, 1.807) is 0 Å². The number of rotatable bonds is 4. The van der Waals surface area contributed by atoms with Crippen LogP contribution in [0.5, 0.6) is 0 Å². The van der Waals surface area contributed by atoms with Crippen molar-refractivity contribution in [2.45, 2.75) is 36.0 Å². The van der Waals surface area contributed by atoms with Gasteiger partial charge in [0.15, 0.2) is 0 Å². The Hall–Kier alpha value is -0.650. The van der Waals surface area contributed by atoms with Crippen molar-refractivity contribution in [3.63, 3.8) is 0 Å². The molecule has 2 unspecified atom stereocenters. The molecule has 0 radical (unpaired) electrons. The van der Waals surface area contributed by atoms with Crippen LogP contribution in [0.3, 0.4) is 0 Å². The Labute approximate surface area is 118 Å². The minimum absolute atomic E-state index is 0.0899. The monoisotopic (exact) mass is 305 g/mol. The van der Waals surface area contributed by atoms with E-state index >= 15 is 0 Å². The van der Waals surface area contributed by atoms with Gasteiger partial charge in [-0.3, -0.25) is 0 Å². The maximum Gasteiger partial charge on any atom is 0.240 e. The number of sulfonamides is 1. The van der Waals surface area contributed by atoms with Gasteiger partial charge in [0.25, 0.3) is 0 Å². The maximum atomic E-state index is 12.8. The van der Waals surface area contributed by atoms with E-state index in [1.165, 1.54) is 12.1 Å². The zero-order chi connectivity index (χ0) is 13.9. The van der Waals surface area contributed by atoms with E-state index in [0.29, 0.717) is 6.54 Å². The molecule has 2 rings (SSSR count). The highest BCUT2D eigenvalue weighted by Crippen LogP contribution is 2.27. The van der Waals surface area contributed by atoms with Crippen molar-refractivity contribution in [3.8, 4) is 0 Å². The summed E-state index contributed by atoms with van der Waals surface area (Å²) in [5.41, 5.74) is 0. The summed E-state index contributed by atoms with van der Waals surface area (Å²) >= 11 is 6.08. The fraction of sp³-hybridized carbons (Fsp3) is 0.538. The van der Waals surface area contributed by atoms with Crippen LogP contribution in [0.1, 0.15) is 25.7 Å². The smallest absolute Gasteiger partial charge is 0.211 e. The molecule has 1 saturated carbocycles. The number of hydrogen-bond donors (Lipinski definition) is 1. The molecule has 0 spiro atoms. The quantitative estimate of drug-likeness (QED) is 0.869. The van der Waals surface area contributed by atoms with Gasteiger partial charge in [-0.2, -0.15) is 0 Å². The predicted molar refractivity (Wildman–Crippen MR) is 73.2 cm³/mol. The fourth-order valence-electron chi connectivity index (χ4n) is 2.34. The van der Waals surface area contributed by atoms with Crippen molar-refractivity contribution in [1.29, 1.82) is 0 Å². The van der Waals surface area contributed by atoms with Gasteiger partial charge in [-0.05, 0) is 49.4 Å². The summed E-state index contributed by atoms with van der Waals surface area (Å²) in [6, 6.07) is 4.82. The fourth-order valence-corrected chi connectivity index (χ4v) is 3.86. The van der Waals surface area contributed by atoms with Gasteiger partial charge in [0.2, 0.25) is 10.0 Å². The van der Waals surface area contributed by atoms with E-state index in [1.807, 2.05) is 0 Å². The molecule has 1 fully saturated rings. The van der Waals surface area contributed by atoms with Gasteiger partial charge < -0.3 is 0 Å². The van der Waals surface area contributed by atoms with Gasteiger partial charge >= 0.3 is 0 Å². The Kier molecular flexibility index (Phi) is 4.81. The van der Waals surface area contributed by atoms with Gasteiger partial charge in [0, 0.05) is 11.9 Å². The third-order valence-electron chi connectivity index (χ3n) is 3.40. The first-order chi connectivity index (χ1) is 8.97. The van der Waals surface area contributed by atoms with Crippen molar-refractivity contribution >= 4 is 21.6 Å². The molecule has 3 nitrogen and oxygen atoms in total. The number of nitrogens with one attached hydrogen (secondary N) is 1. The maximum absolute atomic E-state index is 12.8. The first kappa shape index (κ1) is 14.8. The van der Waals surface area contributed by atoms with E-state index in [0.717, 1.165) is 37.8 Å². The summed E-state index contributed by atoms with van der Waals surface area (Å²) in [5.74, 6) is -0.164. The summed E-state index contributed by atoms with van der Waals surface area (Å²) in [6.07, 6.45) is 3.88. The number of alkyl halides is 1. The Morgan fingerprint density at radius 1 is 1.26 bits per heavy atom. The molecule has 1 aromatic carbocycles. The lowest BCUT2D eigenvalue weighted by atomic mass is 9.89. The normalized spacial score (nSPS) is 24.3. The highest BCUT2D eigenvalue weighted by atomic mass is 35.5. The summed E-state index contributed by atoms with van der Waals surface area (Å²) in [7, 11) is -3.55. The zero-order valence-corrected chi connectivity index (χ0v) is 12.1. The van der Waals surface area contributed by atoms with Crippen molar-refractivity contribution in [3.05, 3.63) is 30.1 Å². The third kappa shape index (κ3) is 4.16. The molecule has 2 atom stereocenters. The second-order valence-electron chi connectivity index (χ2n) is 4.94. The van der Waals surface area contributed by atoms with Crippen LogP contribution in [0.15, 0.2) is 29.2 Å². The zero-order valence-electron chi connectivity index (χ0n) is 10.5. The summed E-state index contributed by atoms with van der Waals surface area (Å²) in [4.78, 5) is 0.0899. The standard InChI is InChI=1S/C13H17ClFNO2S/c14-11-3-1-2-10(8-11)9-16-19(17,18)13-6-4-12(15)5-7-13/h4-7,10-11,16H,1-3,8-9H2. The largest absolute Gasteiger partial charge is 0.240 e. The molecule has 1 N–H and O–H groups in total. The van der Waals surface area contributed by atoms with Gasteiger partial charge in [-0.25, -0.2) is 17.5 Å². The molecule has 0 bridgehead atoms. The lowest BCUT2D eigenvalue weighted by Gasteiger charge is -2.25. The third-order valence-corrected chi connectivity index (χ3v) is 5.24. The molecule has 0 amide bonds. The molecule has 0 heterocycles. The molecule has 106 valence electrons. The van der Waals surface area contributed by atoms with Crippen LogP contribution in [0, 0.1) is 11.7 Å². The molecule has 0 aliphatic heterocycles. The molecule has 0 saturated heterocycles. The molecule has 19 heavy (non-hydrogen) atoms. The Morgan fingerprint density at radius 2 is 1.95 bits per heavy atom. The van der Waals surface area contributed by atoms with E-state index in [4.69, 9.17) is 11.6 Å². The number of halogens is 2. The lowest BCUT2D eigenvalue weighted by molar-refractivity contribution is 0.361. The summed E-state index contributed by atoms with van der Waals surface area (Å²) in [6.45, 7) is 0.392. The van der Waals surface area contributed by atoms with E-state index in [2.05, 4.69) is 4.72 Å². The van der Waals surface area contributed by atoms with Crippen LogP contribution in [-0.4, -0.2) is 20.3 Å².